The number of ether oxygens (including phenoxy) is 1. The van der Waals surface area contributed by atoms with Crippen LogP contribution in [0.3, 0.4) is 0 Å². The number of benzene rings is 2. The van der Waals surface area contributed by atoms with Gasteiger partial charge in [-0.15, -0.1) is 0 Å². The molecule has 0 bridgehead atoms. The summed E-state index contributed by atoms with van der Waals surface area (Å²) < 4.78 is 7.23. The zero-order valence-corrected chi connectivity index (χ0v) is 15.5. The second-order valence-corrected chi connectivity index (χ2v) is 6.58. The van der Waals surface area contributed by atoms with Gasteiger partial charge in [0.25, 0.3) is 5.56 Å². The molecule has 136 valence electrons. The summed E-state index contributed by atoms with van der Waals surface area (Å²) in [5, 5.41) is 1.59. The second-order valence-electron chi connectivity index (χ2n) is 6.58. The standard InChI is InChI=1S/C21H25N3O2/c1-23(2)14-19-20(15-7-5-4-6-8-15)18-13-16(26-3)9-10-17(18)21(25)24(19)12-11-22/h4-10,13H,11-12,14,22H2,1-3H3. The Morgan fingerprint density at radius 1 is 1.08 bits per heavy atom. The van der Waals surface area contributed by atoms with Crippen LogP contribution in [0.25, 0.3) is 21.9 Å². The van der Waals surface area contributed by atoms with Gasteiger partial charge in [-0.25, -0.2) is 0 Å². The largest absolute Gasteiger partial charge is 0.497 e. The number of methoxy groups -OCH3 is 1. The van der Waals surface area contributed by atoms with Crippen molar-refractivity contribution in [2.45, 2.75) is 13.1 Å². The van der Waals surface area contributed by atoms with Gasteiger partial charge in [0.15, 0.2) is 0 Å². The van der Waals surface area contributed by atoms with Gasteiger partial charge >= 0.3 is 0 Å². The zero-order valence-electron chi connectivity index (χ0n) is 15.5. The molecule has 5 nitrogen and oxygen atoms in total. The molecular formula is C21H25N3O2. The van der Waals surface area contributed by atoms with E-state index in [1.165, 1.54) is 0 Å². The first-order valence-electron chi connectivity index (χ1n) is 8.70. The third-order valence-corrected chi connectivity index (χ3v) is 4.47. The fraction of sp³-hybridized carbons (Fsp3) is 0.286. The summed E-state index contributed by atoms with van der Waals surface area (Å²) in [4.78, 5) is 15.2. The molecule has 0 saturated heterocycles. The van der Waals surface area contributed by atoms with Crippen LogP contribution in [-0.4, -0.2) is 37.2 Å². The van der Waals surface area contributed by atoms with Crippen LogP contribution in [0.2, 0.25) is 0 Å². The van der Waals surface area contributed by atoms with Crippen molar-refractivity contribution >= 4 is 10.8 Å². The van der Waals surface area contributed by atoms with Gasteiger partial charge in [-0.2, -0.15) is 0 Å². The second kappa shape index (κ2) is 7.72. The van der Waals surface area contributed by atoms with E-state index in [1.807, 2.05) is 55.1 Å². The van der Waals surface area contributed by atoms with Gasteiger partial charge in [-0.05, 0) is 37.9 Å². The number of pyridine rings is 1. The molecule has 1 heterocycles. The number of nitrogens with two attached hydrogens (primary N) is 1. The van der Waals surface area contributed by atoms with Crippen molar-refractivity contribution < 1.29 is 4.74 Å². The topological polar surface area (TPSA) is 60.5 Å². The van der Waals surface area contributed by atoms with Crippen molar-refractivity contribution in [3.63, 3.8) is 0 Å². The predicted octanol–water partition coefficient (Wildman–Crippen LogP) is 2.70. The lowest BCUT2D eigenvalue weighted by Crippen LogP contribution is -2.30. The molecular weight excluding hydrogens is 326 g/mol. The first-order chi connectivity index (χ1) is 12.6. The summed E-state index contributed by atoms with van der Waals surface area (Å²) in [5.74, 6) is 0.737. The Morgan fingerprint density at radius 3 is 2.42 bits per heavy atom. The molecule has 0 unspecified atom stereocenters. The Hall–Kier alpha value is -2.63. The molecule has 0 aliphatic rings. The maximum atomic E-state index is 13.2. The fourth-order valence-corrected chi connectivity index (χ4v) is 3.36. The van der Waals surface area contributed by atoms with E-state index in [0.717, 1.165) is 28.0 Å². The molecule has 0 aliphatic heterocycles. The molecule has 0 atom stereocenters. The molecule has 0 saturated carbocycles. The average Bonchev–Trinajstić information content (AvgIpc) is 2.65. The van der Waals surface area contributed by atoms with Crippen LogP contribution < -0.4 is 16.0 Å². The normalized spacial score (nSPS) is 11.3. The van der Waals surface area contributed by atoms with E-state index in [4.69, 9.17) is 10.5 Å². The van der Waals surface area contributed by atoms with E-state index in [-0.39, 0.29) is 5.56 Å². The number of rotatable bonds is 6. The third kappa shape index (κ3) is 3.36. The van der Waals surface area contributed by atoms with Gasteiger partial charge < -0.3 is 19.9 Å². The Kier molecular flexibility index (Phi) is 5.40. The Balaban J connectivity index is 2.47. The third-order valence-electron chi connectivity index (χ3n) is 4.47. The lowest BCUT2D eigenvalue weighted by atomic mass is 9.96. The summed E-state index contributed by atoms with van der Waals surface area (Å²) in [5.41, 5.74) is 8.91. The van der Waals surface area contributed by atoms with Crippen LogP contribution in [-0.2, 0) is 13.1 Å². The van der Waals surface area contributed by atoms with E-state index < -0.39 is 0 Å². The van der Waals surface area contributed by atoms with E-state index in [1.54, 1.807) is 7.11 Å². The number of fused-ring (bicyclic) bond motifs is 1. The van der Waals surface area contributed by atoms with Gasteiger partial charge in [0.05, 0.1) is 7.11 Å². The van der Waals surface area contributed by atoms with Crippen molar-refractivity contribution in [3.05, 3.63) is 64.6 Å². The monoisotopic (exact) mass is 351 g/mol. The molecule has 0 aliphatic carbocycles. The summed E-state index contributed by atoms with van der Waals surface area (Å²) in [6.45, 7) is 1.55. The fourth-order valence-electron chi connectivity index (χ4n) is 3.36. The van der Waals surface area contributed by atoms with Gasteiger partial charge in [0, 0.05) is 41.7 Å². The molecule has 3 aromatic rings. The van der Waals surface area contributed by atoms with Gasteiger partial charge in [-0.3, -0.25) is 4.79 Å². The van der Waals surface area contributed by atoms with Crippen molar-refractivity contribution in [3.8, 4) is 16.9 Å². The first kappa shape index (κ1) is 18.2. The van der Waals surface area contributed by atoms with Crippen molar-refractivity contribution in [2.75, 3.05) is 27.7 Å². The molecule has 0 radical (unpaired) electrons. The minimum Gasteiger partial charge on any atom is -0.497 e. The molecule has 1 aromatic heterocycles. The summed E-state index contributed by atoms with van der Waals surface area (Å²) >= 11 is 0. The maximum absolute atomic E-state index is 13.2. The highest BCUT2D eigenvalue weighted by Gasteiger charge is 2.18. The SMILES string of the molecule is COc1ccc2c(=O)n(CCN)c(CN(C)C)c(-c3ccccc3)c2c1. The molecule has 5 heteroatoms. The lowest BCUT2D eigenvalue weighted by Gasteiger charge is -2.22. The lowest BCUT2D eigenvalue weighted by molar-refractivity contribution is 0.385. The maximum Gasteiger partial charge on any atom is 0.258 e. The van der Waals surface area contributed by atoms with Crippen LogP contribution in [0.4, 0.5) is 0 Å². The summed E-state index contributed by atoms with van der Waals surface area (Å²) in [6.07, 6.45) is 0. The van der Waals surface area contributed by atoms with Crippen molar-refractivity contribution in [1.82, 2.24) is 9.47 Å². The number of hydrogen-bond donors (Lipinski definition) is 1. The van der Waals surface area contributed by atoms with Crippen LogP contribution >= 0.6 is 0 Å². The quantitative estimate of drug-likeness (QED) is 0.742. The predicted molar refractivity (Wildman–Crippen MR) is 107 cm³/mol. The Labute approximate surface area is 153 Å². The van der Waals surface area contributed by atoms with Crippen molar-refractivity contribution in [2.24, 2.45) is 5.73 Å². The van der Waals surface area contributed by atoms with Crippen LogP contribution in [0.5, 0.6) is 5.75 Å². The average molecular weight is 351 g/mol. The zero-order chi connectivity index (χ0) is 18.7. The molecule has 0 amide bonds. The van der Waals surface area contributed by atoms with Crippen LogP contribution in [0, 0.1) is 0 Å². The number of aromatic nitrogens is 1. The molecule has 2 N–H and O–H groups in total. The first-order valence-corrected chi connectivity index (χ1v) is 8.70. The molecule has 0 fully saturated rings. The smallest absolute Gasteiger partial charge is 0.258 e. The van der Waals surface area contributed by atoms with E-state index in [9.17, 15) is 4.79 Å². The molecule has 3 rings (SSSR count). The highest BCUT2D eigenvalue weighted by Crippen LogP contribution is 2.33. The number of hydrogen-bond acceptors (Lipinski definition) is 4. The summed E-state index contributed by atoms with van der Waals surface area (Å²) in [6, 6.07) is 15.8. The highest BCUT2D eigenvalue weighted by molar-refractivity contribution is 5.98. The molecule has 0 spiro atoms. The Bertz CT molecular complexity index is 962. The summed E-state index contributed by atoms with van der Waals surface area (Å²) in [7, 11) is 5.64. The minimum atomic E-state index is -0.00960. The van der Waals surface area contributed by atoms with E-state index >= 15 is 0 Å². The van der Waals surface area contributed by atoms with Crippen molar-refractivity contribution in [1.29, 1.82) is 0 Å². The molecule has 26 heavy (non-hydrogen) atoms. The van der Waals surface area contributed by atoms with Crippen LogP contribution in [0.1, 0.15) is 5.69 Å². The van der Waals surface area contributed by atoms with Crippen LogP contribution in [0.15, 0.2) is 53.3 Å². The highest BCUT2D eigenvalue weighted by atomic mass is 16.5. The van der Waals surface area contributed by atoms with E-state index in [0.29, 0.717) is 25.0 Å². The van der Waals surface area contributed by atoms with Gasteiger partial charge in [-0.1, -0.05) is 30.3 Å². The Morgan fingerprint density at radius 2 is 1.81 bits per heavy atom. The minimum absolute atomic E-state index is 0.00960. The van der Waals surface area contributed by atoms with Gasteiger partial charge in [0.1, 0.15) is 5.75 Å². The molecule has 2 aromatic carbocycles. The van der Waals surface area contributed by atoms with Gasteiger partial charge in [0.2, 0.25) is 0 Å². The van der Waals surface area contributed by atoms with E-state index in [2.05, 4.69) is 17.0 Å². The number of nitrogens with zero attached hydrogens (tertiary/aromatic N) is 2.